The molecule has 2 aromatic carbocycles. The first-order valence-corrected chi connectivity index (χ1v) is 8.83. The molecular weight excluding hydrogens is 328 g/mol. The van der Waals surface area contributed by atoms with Gasteiger partial charge in [-0.25, -0.2) is 4.79 Å². The van der Waals surface area contributed by atoms with Gasteiger partial charge >= 0.3 is 5.97 Å². The van der Waals surface area contributed by atoms with Gasteiger partial charge in [0.2, 0.25) is 0 Å². The van der Waals surface area contributed by atoms with E-state index >= 15 is 0 Å². The van der Waals surface area contributed by atoms with Crippen LogP contribution in [0.2, 0.25) is 0 Å². The number of hydrogen-bond donors (Lipinski definition) is 0. The molecule has 1 heterocycles. The van der Waals surface area contributed by atoms with Gasteiger partial charge in [0.15, 0.2) is 0 Å². The second-order valence-electron chi connectivity index (χ2n) is 6.56. The first kappa shape index (κ1) is 18.1. The number of carbonyl (C=O) groups excluding carboxylic acids is 2. The number of piperazine rings is 1. The van der Waals surface area contributed by atoms with E-state index in [-0.39, 0.29) is 5.91 Å². The van der Waals surface area contributed by atoms with Crippen molar-refractivity contribution >= 4 is 11.9 Å². The number of methoxy groups -OCH3 is 1. The van der Waals surface area contributed by atoms with Crippen molar-refractivity contribution in [3.8, 4) is 0 Å². The van der Waals surface area contributed by atoms with Crippen LogP contribution in [-0.2, 0) is 11.3 Å². The monoisotopic (exact) mass is 352 g/mol. The summed E-state index contributed by atoms with van der Waals surface area (Å²) < 4.78 is 4.68. The van der Waals surface area contributed by atoms with Crippen LogP contribution in [-0.4, -0.2) is 55.0 Å². The normalized spacial score (nSPS) is 14.9. The largest absolute Gasteiger partial charge is 0.465 e. The SMILES string of the molecule is COC(=O)c1ccc(C(=O)N2CCN(Cc3ccccc3C)CC2)cc1. The highest BCUT2D eigenvalue weighted by Gasteiger charge is 2.22. The third-order valence-electron chi connectivity index (χ3n) is 4.87. The summed E-state index contributed by atoms with van der Waals surface area (Å²) in [7, 11) is 1.35. The molecule has 1 aliphatic rings. The van der Waals surface area contributed by atoms with E-state index in [4.69, 9.17) is 0 Å². The van der Waals surface area contributed by atoms with Gasteiger partial charge < -0.3 is 9.64 Å². The van der Waals surface area contributed by atoms with Crippen LogP contribution in [0.5, 0.6) is 0 Å². The predicted molar refractivity (Wildman–Crippen MR) is 100 cm³/mol. The van der Waals surface area contributed by atoms with Crippen LogP contribution in [0.15, 0.2) is 48.5 Å². The summed E-state index contributed by atoms with van der Waals surface area (Å²) in [5, 5.41) is 0. The number of aryl methyl sites for hydroxylation is 1. The fourth-order valence-corrected chi connectivity index (χ4v) is 3.19. The molecule has 26 heavy (non-hydrogen) atoms. The smallest absolute Gasteiger partial charge is 0.337 e. The highest BCUT2D eigenvalue weighted by molar-refractivity contribution is 5.96. The molecule has 0 atom stereocenters. The molecule has 0 aliphatic carbocycles. The Kier molecular flexibility index (Phi) is 5.68. The highest BCUT2D eigenvalue weighted by Crippen LogP contribution is 2.15. The number of nitrogens with zero attached hydrogens (tertiary/aromatic N) is 2. The molecule has 3 rings (SSSR count). The Morgan fingerprint density at radius 2 is 1.54 bits per heavy atom. The lowest BCUT2D eigenvalue weighted by Crippen LogP contribution is -2.48. The van der Waals surface area contributed by atoms with Crippen LogP contribution in [0.1, 0.15) is 31.8 Å². The topological polar surface area (TPSA) is 49.9 Å². The molecule has 5 heteroatoms. The van der Waals surface area contributed by atoms with E-state index in [2.05, 4.69) is 40.8 Å². The van der Waals surface area contributed by atoms with Crippen LogP contribution in [0.3, 0.4) is 0 Å². The standard InChI is InChI=1S/C21H24N2O3/c1-16-5-3-4-6-19(16)15-22-11-13-23(14-12-22)20(24)17-7-9-18(10-8-17)21(25)26-2/h3-10H,11-15H2,1-2H3. The zero-order chi connectivity index (χ0) is 18.5. The number of carbonyl (C=O) groups is 2. The minimum Gasteiger partial charge on any atom is -0.465 e. The first-order valence-electron chi connectivity index (χ1n) is 8.83. The summed E-state index contributed by atoms with van der Waals surface area (Å²) in [5.74, 6) is -0.384. The molecule has 0 radical (unpaired) electrons. The fraction of sp³-hybridized carbons (Fsp3) is 0.333. The van der Waals surface area contributed by atoms with Gasteiger partial charge in [-0.05, 0) is 42.3 Å². The molecule has 1 saturated heterocycles. The number of amides is 1. The minimum absolute atomic E-state index is 0.0111. The van der Waals surface area contributed by atoms with Crippen molar-refractivity contribution in [2.45, 2.75) is 13.5 Å². The van der Waals surface area contributed by atoms with Crippen LogP contribution < -0.4 is 0 Å². The number of benzene rings is 2. The first-order chi connectivity index (χ1) is 12.6. The van der Waals surface area contributed by atoms with E-state index in [1.165, 1.54) is 18.2 Å². The Morgan fingerprint density at radius 3 is 2.15 bits per heavy atom. The third-order valence-corrected chi connectivity index (χ3v) is 4.87. The second kappa shape index (κ2) is 8.15. The van der Waals surface area contributed by atoms with Crippen molar-refractivity contribution in [1.82, 2.24) is 9.80 Å². The zero-order valence-corrected chi connectivity index (χ0v) is 15.3. The maximum atomic E-state index is 12.7. The van der Waals surface area contributed by atoms with E-state index in [9.17, 15) is 9.59 Å². The van der Waals surface area contributed by atoms with Crippen molar-refractivity contribution in [3.63, 3.8) is 0 Å². The van der Waals surface area contributed by atoms with Crippen LogP contribution in [0.25, 0.3) is 0 Å². The van der Waals surface area contributed by atoms with Gasteiger partial charge in [0, 0.05) is 38.3 Å². The molecule has 5 nitrogen and oxygen atoms in total. The van der Waals surface area contributed by atoms with Crippen molar-refractivity contribution < 1.29 is 14.3 Å². The molecule has 1 aliphatic heterocycles. The van der Waals surface area contributed by atoms with Gasteiger partial charge in [-0.2, -0.15) is 0 Å². The van der Waals surface area contributed by atoms with Crippen LogP contribution in [0, 0.1) is 6.92 Å². The summed E-state index contributed by atoms with van der Waals surface area (Å²) in [5.41, 5.74) is 3.69. The lowest BCUT2D eigenvalue weighted by Gasteiger charge is -2.35. The summed E-state index contributed by atoms with van der Waals surface area (Å²) in [4.78, 5) is 28.4. The van der Waals surface area contributed by atoms with Gasteiger partial charge in [0.25, 0.3) is 5.91 Å². The molecule has 0 saturated carbocycles. The van der Waals surface area contributed by atoms with Crippen molar-refractivity contribution in [2.75, 3.05) is 33.3 Å². The van der Waals surface area contributed by atoms with Crippen molar-refractivity contribution in [2.24, 2.45) is 0 Å². The number of rotatable bonds is 4. The highest BCUT2D eigenvalue weighted by atomic mass is 16.5. The van der Waals surface area contributed by atoms with Gasteiger partial charge in [0.05, 0.1) is 12.7 Å². The van der Waals surface area contributed by atoms with E-state index in [1.807, 2.05) is 4.90 Å². The maximum absolute atomic E-state index is 12.7. The van der Waals surface area contributed by atoms with E-state index in [1.54, 1.807) is 24.3 Å². The van der Waals surface area contributed by atoms with E-state index < -0.39 is 5.97 Å². The Hall–Kier alpha value is -2.66. The molecule has 0 aromatic heterocycles. The molecule has 0 N–H and O–H groups in total. The summed E-state index contributed by atoms with van der Waals surface area (Å²) >= 11 is 0. The Morgan fingerprint density at radius 1 is 0.923 bits per heavy atom. The number of hydrogen-bond acceptors (Lipinski definition) is 4. The molecule has 0 unspecified atom stereocenters. The molecule has 1 amide bonds. The van der Waals surface area contributed by atoms with Gasteiger partial charge in [-0.3, -0.25) is 9.69 Å². The second-order valence-corrected chi connectivity index (χ2v) is 6.56. The summed E-state index contributed by atoms with van der Waals surface area (Å²) in [6, 6.07) is 15.1. The summed E-state index contributed by atoms with van der Waals surface area (Å²) in [6.45, 7) is 6.20. The lowest BCUT2D eigenvalue weighted by atomic mass is 10.1. The van der Waals surface area contributed by atoms with Crippen molar-refractivity contribution in [3.05, 3.63) is 70.8 Å². The fourth-order valence-electron chi connectivity index (χ4n) is 3.19. The van der Waals surface area contributed by atoms with Gasteiger partial charge in [-0.1, -0.05) is 24.3 Å². The van der Waals surface area contributed by atoms with Gasteiger partial charge in [-0.15, -0.1) is 0 Å². The minimum atomic E-state index is -0.395. The maximum Gasteiger partial charge on any atom is 0.337 e. The van der Waals surface area contributed by atoms with Crippen molar-refractivity contribution in [1.29, 1.82) is 0 Å². The van der Waals surface area contributed by atoms with Crippen LogP contribution in [0.4, 0.5) is 0 Å². The lowest BCUT2D eigenvalue weighted by molar-refractivity contribution is 0.0596. The average molecular weight is 352 g/mol. The molecule has 0 spiro atoms. The molecule has 0 bridgehead atoms. The Labute approximate surface area is 154 Å². The Bertz CT molecular complexity index is 778. The van der Waals surface area contributed by atoms with E-state index in [0.29, 0.717) is 24.2 Å². The zero-order valence-electron chi connectivity index (χ0n) is 15.3. The predicted octanol–water partition coefficient (Wildman–Crippen LogP) is 2.74. The average Bonchev–Trinajstić information content (AvgIpc) is 2.69. The number of ether oxygens (including phenoxy) is 1. The third kappa shape index (κ3) is 4.11. The molecule has 1 fully saturated rings. The quantitative estimate of drug-likeness (QED) is 0.794. The van der Waals surface area contributed by atoms with Gasteiger partial charge in [0.1, 0.15) is 0 Å². The van der Waals surface area contributed by atoms with E-state index in [0.717, 1.165) is 19.6 Å². The molecule has 136 valence electrons. The summed E-state index contributed by atoms with van der Waals surface area (Å²) in [6.07, 6.45) is 0. The Balaban J connectivity index is 1.56. The van der Waals surface area contributed by atoms with Crippen LogP contribution >= 0.6 is 0 Å². The molecular formula is C21H24N2O3. The number of esters is 1. The molecule has 2 aromatic rings.